The summed E-state index contributed by atoms with van der Waals surface area (Å²) in [6.45, 7) is 8.66. The highest BCUT2D eigenvalue weighted by atomic mass is 15.2. The third-order valence-electron chi connectivity index (χ3n) is 3.33. The zero-order valence-corrected chi connectivity index (χ0v) is 10.7. The third-order valence-corrected chi connectivity index (χ3v) is 3.33. The molecule has 0 aromatic carbocycles. The van der Waals surface area contributed by atoms with E-state index in [1.54, 1.807) is 0 Å². The van der Waals surface area contributed by atoms with Crippen molar-refractivity contribution in [2.24, 2.45) is 0 Å². The second kappa shape index (κ2) is 7.67. The number of hydrogen-bond acceptors (Lipinski definition) is 3. The molecule has 0 amide bonds. The van der Waals surface area contributed by atoms with Gasteiger partial charge in [-0.2, -0.15) is 0 Å². The summed E-state index contributed by atoms with van der Waals surface area (Å²) in [4.78, 5) is 4.99. The van der Waals surface area contributed by atoms with E-state index >= 15 is 0 Å². The van der Waals surface area contributed by atoms with E-state index < -0.39 is 0 Å². The van der Waals surface area contributed by atoms with Crippen LogP contribution < -0.4 is 5.32 Å². The van der Waals surface area contributed by atoms with Gasteiger partial charge in [0.05, 0.1) is 6.54 Å². The first-order valence-electron chi connectivity index (χ1n) is 6.34. The van der Waals surface area contributed by atoms with E-state index in [4.69, 9.17) is 6.42 Å². The van der Waals surface area contributed by atoms with Gasteiger partial charge in [-0.15, -0.1) is 6.42 Å². The van der Waals surface area contributed by atoms with Gasteiger partial charge in [0.15, 0.2) is 0 Å². The number of terminal acetylenes is 1. The first-order valence-corrected chi connectivity index (χ1v) is 6.34. The highest BCUT2D eigenvalue weighted by Gasteiger charge is 2.23. The summed E-state index contributed by atoms with van der Waals surface area (Å²) in [5.41, 5.74) is 0. The molecule has 16 heavy (non-hydrogen) atoms. The molecule has 1 atom stereocenters. The van der Waals surface area contributed by atoms with Gasteiger partial charge >= 0.3 is 0 Å². The fraction of sp³-hybridized carbons (Fsp3) is 0.846. The zero-order chi connectivity index (χ0) is 11.8. The highest BCUT2D eigenvalue weighted by molar-refractivity contribution is 4.86. The Hall–Kier alpha value is -0.560. The molecule has 1 rings (SSSR count). The standard InChI is InChI=1S/C13H25N3/c1-4-8-14-9-11-15(3)12-13-7-6-10-16(13)5-2/h1,13-14H,5-12H2,2-3H3. The lowest BCUT2D eigenvalue weighted by Crippen LogP contribution is -2.40. The number of nitrogens with one attached hydrogen (secondary N) is 1. The van der Waals surface area contributed by atoms with E-state index in [0.29, 0.717) is 6.54 Å². The van der Waals surface area contributed by atoms with Crippen molar-refractivity contribution >= 4 is 0 Å². The minimum absolute atomic E-state index is 0.679. The van der Waals surface area contributed by atoms with Crippen molar-refractivity contribution in [1.82, 2.24) is 15.1 Å². The van der Waals surface area contributed by atoms with Crippen LogP contribution in [0.15, 0.2) is 0 Å². The minimum atomic E-state index is 0.679. The predicted molar refractivity (Wildman–Crippen MR) is 69.5 cm³/mol. The smallest absolute Gasteiger partial charge is 0.0574 e. The molecule has 0 bridgehead atoms. The molecular formula is C13H25N3. The fourth-order valence-corrected chi connectivity index (χ4v) is 2.40. The van der Waals surface area contributed by atoms with E-state index in [1.807, 2.05) is 0 Å². The Morgan fingerprint density at radius 1 is 1.56 bits per heavy atom. The molecule has 1 heterocycles. The Morgan fingerprint density at radius 3 is 3.06 bits per heavy atom. The number of hydrogen-bond donors (Lipinski definition) is 1. The first-order chi connectivity index (χ1) is 7.77. The molecule has 3 nitrogen and oxygen atoms in total. The molecule has 1 N–H and O–H groups in total. The van der Waals surface area contributed by atoms with Crippen LogP contribution >= 0.6 is 0 Å². The lowest BCUT2D eigenvalue weighted by Gasteiger charge is -2.27. The van der Waals surface area contributed by atoms with Gasteiger partial charge in [-0.05, 0) is 33.0 Å². The van der Waals surface area contributed by atoms with Gasteiger partial charge < -0.3 is 10.2 Å². The van der Waals surface area contributed by atoms with Crippen LogP contribution in [0.2, 0.25) is 0 Å². The van der Waals surface area contributed by atoms with Gasteiger partial charge in [0.25, 0.3) is 0 Å². The molecule has 1 fully saturated rings. The summed E-state index contributed by atoms with van der Waals surface area (Å²) in [5, 5.41) is 3.22. The van der Waals surface area contributed by atoms with Gasteiger partial charge in [-0.1, -0.05) is 12.8 Å². The quantitative estimate of drug-likeness (QED) is 0.504. The fourth-order valence-electron chi connectivity index (χ4n) is 2.40. The third kappa shape index (κ3) is 4.52. The van der Waals surface area contributed by atoms with Crippen molar-refractivity contribution in [2.45, 2.75) is 25.8 Å². The van der Waals surface area contributed by atoms with Gasteiger partial charge in [0.2, 0.25) is 0 Å². The molecule has 0 aliphatic carbocycles. The lowest BCUT2D eigenvalue weighted by molar-refractivity contribution is 0.199. The summed E-state index contributed by atoms with van der Waals surface area (Å²) in [6.07, 6.45) is 7.90. The number of likely N-dealkylation sites (tertiary alicyclic amines) is 1. The van der Waals surface area contributed by atoms with Gasteiger partial charge in [0.1, 0.15) is 0 Å². The van der Waals surface area contributed by atoms with Gasteiger partial charge in [-0.3, -0.25) is 4.90 Å². The van der Waals surface area contributed by atoms with Crippen molar-refractivity contribution in [2.75, 3.05) is 46.3 Å². The second-order valence-electron chi connectivity index (χ2n) is 4.57. The van der Waals surface area contributed by atoms with Crippen LogP contribution in [0.25, 0.3) is 0 Å². The summed E-state index contributed by atoms with van der Waals surface area (Å²) < 4.78 is 0. The van der Waals surface area contributed by atoms with Crippen LogP contribution in [-0.4, -0.2) is 62.2 Å². The SMILES string of the molecule is C#CCNCCN(C)CC1CCCN1CC. The highest BCUT2D eigenvalue weighted by Crippen LogP contribution is 2.16. The van der Waals surface area contributed by atoms with Crippen LogP contribution in [0.4, 0.5) is 0 Å². The van der Waals surface area contributed by atoms with Gasteiger partial charge in [0, 0.05) is 25.7 Å². The summed E-state index contributed by atoms with van der Waals surface area (Å²) in [7, 11) is 2.20. The Morgan fingerprint density at radius 2 is 2.38 bits per heavy atom. The maximum atomic E-state index is 5.18. The second-order valence-corrected chi connectivity index (χ2v) is 4.57. The summed E-state index contributed by atoms with van der Waals surface area (Å²) >= 11 is 0. The van der Waals surface area contributed by atoms with Crippen LogP contribution in [0.5, 0.6) is 0 Å². The van der Waals surface area contributed by atoms with Crippen LogP contribution in [-0.2, 0) is 0 Å². The number of rotatable bonds is 7. The molecule has 1 aliphatic heterocycles. The lowest BCUT2D eigenvalue weighted by atomic mass is 10.2. The molecule has 0 aromatic rings. The molecule has 0 radical (unpaired) electrons. The Kier molecular flexibility index (Phi) is 6.47. The molecule has 92 valence electrons. The van der Waals surface area contributed by atoms with Crippen LogP contribution in [0.3, 0.4) is 0 Å². The van der Waals surface area contributed by atoms with Crippen molar-refractivity contribution in [3.05, 3.63) is 0 Å². The maximum absolute atomic E-state index is 5.18. The molecule has 1 saturated heterocycles. The molecule has 0 aromatic heterocycles. The Labute approximate surface area is 100 Å². The topological polar surface area (TPSA) is 18.5 Å². The van der Waals surface area contributed by atoms with Crippen molar-refractivity contribution in [1.29, 1.82) is 0 Å². The molecule has 0 saturated carbocycles. The average molecular weight is 223 g/mol. The molecule has 1 unspecified atom stereocenters. The van der Waals surface area contributed by atoms with Gasteiger partial charge in [-0.25, -0.2) is 0 Å². The molecule has 0 spiro atoms. The van der Waals surface area contributed by atoms with E-state index in [-0.39, 0.29) is 0 Å². The molecule has 1 aliphatic rings. The van der Waals surface area contributed by atoms with Crippen molar-refractivity contribution in [3.63, 3.8) is 0 Å². The van der Waals surface area contributed by atoms with Crippen LogP contribution in [0.1, 0.15) is 19.8 Å². The molecule has 3 heteroatoms. The summed E-state index contributed by atoms with van der Waals surface area (Å²) in [6, 6.07) is 0.766. The average Bonchev–Trinajstić information content (AvgIpc) is 2.71. The van der Waals surface area contributed by atoms with E-state index in [9.17, 15) is 0 Å². The molecular weight excluding hydrogens is 198 g/mol. The Bertz CT molecular complexity index is 222. The maximum Gasteiger partial charge on any atom is 0.0574 e. The Balaban J connectivity index is 2.13. The summed E-state index contributed by atoms with van der Waals surface area (Å²) in [5.74, 6) is 2.59. The van der Waals surface area contributed by atoms with E-state index in [2.05, 4.69) is 35.0 Å². The number of nitrogens with zero attached hydrogens (tertiary/aromatic N) is 2. The van der Waals surface area contributed by atoms with Crippen LogP contribution in [0, 0.1) is 12.3 Å². The van der Waals surface area contributed by atoms with Crippen molar-refractivity contribution in [3.8, 4) is 12.3 Å². The zero-order valence-electron chi connectivity index (χ0n) is 10.7. The minimum Gasteiger partial charge on any atom is -0.305 e. The first kappa shape index (κ1) is 13.5. The van der Waals surface area contributed by atoms with E-state index in [0.717, 1.165) is 19.1 Å². The normalized spacial score (nSPS) is 21.5. The monoisotopic (exact) mass is 223 g/mol. The number of likely N-dealkylation sites (N-methyl/N-ethyl adjacent to an activating group) is 2. The van der Waals surface area contributed by atoms with Crippen molar-refractivity contribution < 1.29 is 0 Å². The van der Waals surface area contributed by atoms with E-state index in [1.165, 1.54) is 32.5 Å². The predicted octanol–water partition coefficient (Wildman–Crippen LogP) is 0.625. The largest absolute Gasteiger partial charge is 0.305 e.